The molecule has 5 rings (SSSR count). The van der Waals surface area contributed by atoms with Gasteiger partial charge in [0.15, 0.2) is 0 Å². The Kier molecular flexibility index (Phi) is 9.62. The molecule has 0 spiro atoms. The van der Waals surface area contributed by atoms with Crippen LogP contribution in [0.5, 0.6) is 11.5 Å². The first-order valence-corrected chi connectivity index (χ1v) is 14.8. The van der Waals surface area contributed by atoms with Crippen molar-refractivity contribution in [3.05, 3.63) is 66.1 Å². The zero-order chi connectivity index (χ0) is 26.6. The third-order valence-corrected chi connectivity index (χ3v) is 7.97. The molecule has 1 saturated heterocycles. The van der Waals surface area contributed by atoms with Crippen LogP contribution < -0.4 is 19.1 Å². The van der Waals surface area contributed by atoms with Gasteiger partial charge in [-0.25, -0.2) is 9.97 Å². The summed E-state index contributed by atoms with van der Waals surface area (Å²) >= 11 is 0.156. The molecule has 39 heavy (non-hydrogen) atoms. The number of anilines is 3. The number of rotatable bonds is 9. The van der Waals surface area contributed by atoms with Crippen molar-refractivity contribution in [2.75, 3.05) is 30.4 Å². The van der Waals surface area contributed by atoms with E-state index in [4.69, 9.17) is 14.5 Å². The Balaban J connectivity index is 0.00000353. The summed E-state index contributed by atoms with van der Waals surface area (Å²) in [5, 5.41) is 3.31. The van der Waals surface area contributed by atoms with Gasteiger partial charge in [-0.05, 0) is 0 Å². The third kappa shape index (κ3) is 6.61. The second-order valence-electron chi connectivity index (χ2n) is 9.83. The zero-order valence-electron chi connectivity index (χ0n) is 23.0. The number of nitrogens with one attached hydrogen (secondary N) is 2. The summed E-state index contributed by atoms with van der Waals surface area (Å²) in [7, 11) is 3.28. The van der Waals surface area contributed by atoms with Gasteiger partial charge in [0, 0.05) is 30.1 Å². The van der Waals surface area contributed by atoms with Crippen LogP contribution in [-0.4, -0.2) is 73.0 Å². The molecule has 1 fully saturated rings. The second kappa shape index (κ2) is 12.9. The molecule has 204 valence electrons. The summed E-state index contributed by atoms with van der Waals surface area (Å²) in [5.74, 6) is 5.10. The van der Waals surface area contributed by atoms with Crippen molar-refractivity contribution in [2.24, 2.45) is 0 Å². The van der Waals surface area contributed by atoms with Gasteiger partial charge in [0.05, 0.1) is 14.2 Å². The molecule has 4 heterocycles. The van der Waals surface area contributed by atoms with Crippen LogP contribution in [0.1, 0.15) is 36.6 Å². The van der Waals surface area contributed by atoms with E-state index in [-0.39, 0.29) is 28.9 Å². The number of aromatic nitrogens is 3. The molecular formula is C28H36AlN7O2S. The van der Waals surface area contributed by atoms with Gasteiger partial charge in [-0.15, -0.1) is 0 Å². The molecule has 0 amide bonds. The van der Waals surface area contributed by atoms with Crippen LogP contribution in [0.2, 0.25) is 5.79 Å². The van der Waals surface area contributed by atoms with Crippen LogP contribution in [0.4, 0.5) is 17.5 Å². The molecule has 0 bridgehead atoms. The number of piperidine rings is 1. The van der Waals surface area contributed by atoms with Crippen molar-refractivity contribution in [2.45, 2.75) is 50.7 Å². The minimum atomic E-state index is 0. The summed E-state index contributed by atoms with van der Waals surface area (Å²) in [4.78, 5) is 18.8. The maximum absolute atomic E-state index is 5.38. The SMILES string of the molecule is C=C(c1ccnc([NH][Al+][CH3])c1)N1CCC(N2Cc3cnc(Nc4cc(OC)cc(OC)c4)nc3C2)C[C@H]1C.[SH-]. The summed E-state index contributed by atoms with van der Waals surface area (Å²) in [6.45, 7) is 9.46. The Morgan fingerprint density at radius 3 is 2.56 bits per heavy atom. The van der Waals surface area contributed by atoms with E-state index in [0.29, 0.717) is 29.5 Å². The van der Waals surface area contributed by atoms with Gasteiger partial charge in [0.2, 0.25) is 5.95 Å². The zero-order valence-corrected chi connectivity index (χ0v) is 25.1. The van der Waals surface area contributed by atoms with Gasteiger partial charge in [-0.2, -0.15) is 0 Å². The number of methoxy groups -OCH3 is 2. The van der Waals surface area contributed by atoms with Crippen LogP contribution in [0.15, 0.2) is 49.3 Å². The van der Waals surface area contributed by atoms with Crippen LogP contribution in [0.25, 0.3) is 5.70 Å². The predicted octanol–water partition coefficient (Wildman–Crippen LogP) is 4.28. The normalized spacial score (nSPS) is 18.4. The first kappa shape index (κ1) is 29.0. The minimum absolute atomic E-state index is 0. The Bertz CT molecular complexity index is 1290. The number of hydrogen-bond acceptors (Lipinski definition) is 10. The number of thiol groups is 1. The third-order valence-electron chi connectivity index (χ3n) is 7.39. The van der Waals surface area contributed by atoms with Crippen molar-refractivity contribution in [1.82, 2.24) is 24.8 Å². The van der Waals surface area contributed by atoms with Crippen molar-refractivity contribution in [1.29, 1.82) is 0 Å². The molecular weight excluding hydrogens is 525 g/mol. The fourth-order valence-electron chi connectivity index (χ4n) is 5.39. The van der Waals surface area contributed by atoms with E-state index in [0.717, 1.165) is 60.9 Å². The summed E-state index contributed by atoms with van der Waals surface area (Å²) in [5.41, 5.74) is 5.33. The van der Waals surface area contributed by atoms with Gasteiger partial charge in [0.25, 0.3) is 0 Å². The van der Waals surface area contributed by atoms with Crippen molar-refractivity contribution in [3.63, 3.8) is 0 Å². The van der Waals surface area contributed by atoms with Gasteiger partial charge >= 0.3 is 145 Å². The first-order chi connectivity index (χ1) is 18.5. The smallest absolute Gasteiger partial charge is 0.813 e. The van der Waals surface area contributed by atoms with E-state index in [9.17, 15) is 0 Å². The largest absolute Gasteiger partial charge is 0.813 e. The fraction of sp³-hybridized carbons (Fsp3) is 0.393. The van der Waals surface area contributed by atoms with Gasteiger partial charge < -0.3 is 28.3 Å². The molecule has 2 N–H and O–H groups in total. The van der Waals surface area contributed by atoms with Gasteiger partial charge in [-0.1, -0.05) is 0 Å². The number of likely N-dealkylation sites (tertiary alicyclic amines) is 1. The summed E-state index contributed by atoms with van der Waals surface area (Å²) in [6, 6.07) is 10.7. The molecule has 2 aliphatic heterocycles. The van der Waals surface area contributed by atoms with Crippen LogP contribution in [0, 0.1) is 0 Å². The van der Waals surface area contributed by atoms with E-state index in [1.807, 2.05) is 30.6 Å². The van der Waals surface area contributed by atoms with E-state index < -0.39 is 0 Å². The Labute approximate surface area is 244 Å². The van der Waals surface area contributed by atoms with E-state index in [2.05, 4.69) is 60.8 Å². The molecule has 11 heteroatoms. The molecule has 9 nitrogen and oxygen atoms in total. The minimum Gasteiger partial charge on any atom is -0.813 e. The monoisotopic (exact) mass is 561 g/mol. The molecule has 2 aromatic heterocycles. The Morgan fingerprint density at radius 1 is 1.10 bits per heavy atom. The van der Waals surface area contributed by atoms with E-state index in [1.54, 1.807) is 14.2 Å². The quantitative estimate of drug-likeness (QED) is 0.224. The van der Waals surface area contributed by atoms with Gasteiger partial charge in [-0.3, -0.25) is 0 Å². The number of fused-ring (bicyclic) bond motifs is 1. The maximum atomic E-state index is 5.38. The first-order valence-electron chi connectivity index (χ1n) is 13.0. The molecule has 0 aliphatic carbocycles. The molecule has 0 saturated carbocycles. The molecule has 2 aliphatic rings. The Hall–Kier alpha value is -2.97. The van der Waals surface area contributed by atoms with Crippen molar-refractivity contribution >= 4 is 52.1 Å². The van der Waals surface area contributed by atoms with Crippen molar-refractivity contribution < 1.29 is 9.47 Å². The predicted molar refractivity (Wildman–Crippen MR) is 161 cm³/mol. The molecule has 0 radical (unpaired) electrons. The van der Waals surface area contributed by atoms with Crippen LogP contribution >= 0.6 is 0 Å². The molecule has 2 atom stereocenters. The number of ether oxygens (including phenoxy) is 2. The van der Waals surface area contributed by atoms with Crippen LogP contribution in [-0.2, 0) is 26.6 Å². The topological polar surface area (TPSA) is 87.7 Å². The average molecular weight is 562 g/mol. The number of hydrogen-bond donors (Lipinski definition) is 2. The second-order valence-corrected chi connectivity index (χ2v) is 10.7. The summed E-state index contributed by atoms with van der Waals surface area (Å²) in [6.07, 6.45) is 6.00. The number of nitrogens with zero attached hydrogens (tertiary/aromatic N) is 5. The standard InChI is InChI=1S/C27H32N7O2.CH3.Al.H2S/c1-17-9-22(6-8-34(17)18(2)19-5-7-29-26(28)10-19)33-15-20-14-30-27(32-25(20)16-33)31-21-11-23(35-3)13-24(12-21)36-4;;;/h5,7,10-14,17,22H,2,6,8-9,15-16H2,1,3-4H3,(H2-,28,29,30,31,32);1H3;;1H2/q-1;;+2;/p-1/t17-,22?;;;/m1.../s1. The van der Waals surface area contributed by atoms with Gasteiger partial charge in [0.1, 0.15) is 11.5 Å². The molecule has 1 unspecified atom stereocenters. The molecule has 1 aromatic carbocycles. The van der Waals surface area contributed by atoms with Crippen molar-refractivity contribution in [3.8, 4) is 11.5 Å². The van der Waals surface area contributed by atoms with E-state index in [1.165, 1.54) is 5.56 Å². The average Bonchev–Trinajstić information content (AvgIpc) is 3.36. The van der Waals surface area contributed by atoms with E-state index >= 15 is 0 Å². The maximum Gasteiger partial charge on any atom is -0.813 e. The number of pyridine rings is 1. The number of benzene rings is 1. The van der Waals surface area contributed by atoms with Crippen LogP contribution in [0.3, 0.4) is 0 Å². The fourth-order valence-corrected chi connectivity index (χ4v) is 5.84. The molecule has 3 aromatic rings. The summed E-state index contributed by atoms with van der Waals surface area (Å²) < 4.78 is 14.1. The Morgan fingerprint density at radius 2 is 1.87 bits per heavy atom.